The number of hydrogen-bond acceptors (Lipinski definition) is 9. The van der Waals surface area contributed by atoms with Gasteiger partial charge >= 0.3 is 17.9 Å². The zero-order valence-electron chi connectivity index (χ0n) is 20.6. The van der Waals surface area contributed by atoms with Crippen molar-refractivity contribution in [2.24, 2.45) is 11.3 Å². The van der Waals surface area contributed by atoms with E-state index in [0.29, 0.717) is 5.56 Å². The van der Waals surface area contributed by atoms with Crippen LogP contribution < -0.4 is 0 Å². The minimum absolute atomic E-state index is 0.0129. The molecule has 0 unspecified atom stereocenters. The van der Waals surface area contributed by atoms with E-state index in [1.165, 1.54) is 27.9 Å². The number of phenols is 1. The number of ether oxygens (including phenoxy) is 3. The zero-order valence-corrected chi connectivity index (χ0v) is 20.6. The van der Waals surface area contributed by atoms with Crippen LogP contribution in [0.15, 0.2) is 12.1 Å². The van der Waals surface area contributed by atoms with Gasteiger partial charge in [-0.25, -0.2) is 0 Å². The Bertz CT molecular complexity index is 1000. The summed E-state index contributed by atoms with van der Waals surface area (Å²) in [5, 5.41) is 33.8. The van der Waals surface area contributed by atoms with Crippen molar-refractivity contribution in [2.45, 2.75) is 83.7 Å². The van der Waals surface area contributed by atoms with Gasteiger partial charge in [-0.1, -0.05) is 26.8 Å². The largest absolute Gasteiger partial charge is 0.508 e. The van der Waals surface area contributed by atoms with Gasteiger partial charge in [0.05, 0.1) is 18.6 Å². The van der Waals surface area contributed by atoms with Gasteiger partial charge < -0.3 is 29.5 Å². The maximum Gasteiger partial charge on any atom is 0.314 e. The average Bonchev–Trinajstić information content (AvgIpc) is 2.73. The van der Waals surface area contributed by atoms with Crippen LogP contribution in [0.3, 0.4) is 0 Å². The molecule has 1 saturated carbocycles. The van der Waals surface area contributed by atoms with E-state index in [1.54, 1.807) is 19.1 Å². The lowest BCUT2D eigenvalue weighted by Crippen LogP contribution is -2.69. The predicted molar refractivity (Wildman–Crippen MR) is 120 cm³/mol. The molecule has 0 aromatic heterocycles. The molecule has 7 atom stereocenters. The fourth-order valence-electron chi connectivity index (χ4n) is 6.08. The molecule has 1 aromatic rings. The fourth-order valence-corrected chi connectivity index (χ4v) is 6.08. The molecule has 0 amide bonds. The van der Waals surface area contributed by atoms with E-state index in [4.69, 9.17) is 14.2 Å². The third kappa shape index (κ3) is 3.75. The SMILES string of the molecule is COC(=O)[C@]1(C)[C@@H](O)C[C@@H](OC(C)=O)[C@@]2(C)c3c(O)cc(C(C)C)cc3[C@@H](O)[C@@H](OC(C)=O)[C@@H]12. The number of aliphatic hydroxyl groups excluding tert-OH is 2. The first-order valence-electron chi connectivity index (χ1n) is 11.4. The number of phenolic OH excluding ortho intramolecular Hbond substituents is 1. The van der Waals surface area contributed by atoms with Crippen LogP contribution in [0.4, 0.5) is 0 Å². The Kier molecular flexibility index (Phi) is 6.76. The molecule has 0 aliphatic heterocycles. The van der Waals surface area contributed by atoms with E-state index in [0.717, 1.165) is 5.56 Å². The molecule has 0 radical (unpaired) electrons. The lowest BCUT2D eigenvalue weighted by molar-refractivity contribution is -0.224. The molecule has 0 bridgehead atoms. The number of aliphatic hydroxyl groups is 2. The van der Waals surface area contributed by atoms with Gasteiger partial charge in [0.1, 0.15) is 24.1 Å². The van der Waals surface area contributed by atoms with Gasteiger partial charge in [-0.15, -0.1) is 0 Å². The van der Waals surface area contributed by atoms with Gasteiger partial charge in [0.15, 0.2) is 0 Å². The standard InChI is InChI=1S/C25H34O9/c1-11(2)14-8-15-19(16(28)9-14)25(6)18(33-12(3)26)10-17(29)24(5,23(31)32-7)22(25)21(20(15)30)34-13(4)27/h8-9,11,17-18,20-22,28-30H,10H2,1-7H3/t17-,18+,20+,21+,22-,24+,25-/m0/s1. The number of aromatic hydroxyl groups is 1. The normalized spacial score (nSPS) is 34.6. The number of carbonyl (C=O) groups is 3. The summed E-state index contributed by atoms with van der Waals surface area (Å²) in [4.78, 5) is 37.3. The minimum Gasteiger partial charge on any atom is -0.508 e. The molecule has 1 fully saturated rings. The second kappa shape index (κ2) is 8.85. The van der Waals surface area contributed by atoms with E-state index in [-0.39, 0.29) is 23.7 Å². The second-order valence-electron chi connectivity index (χ2n) is 10.1. The number of rotatable bonds is 4. The minimum atomic E-state index is -1.66. The van der Waals surface area contributed by atoms with Crippen LogP contribution in [0.25, 0.3) is 0 Å². The third-order valence-corrected chi connectivity index (χ3v) is 7.66. The Balaban J connectivity index is 2.44. The molecule has 9 heteroatoms. The van der Waals surface area contributed by atoms with Gasteiger partial charge in [-0.3, -0.25) is 14.4 Å². The topological polar surface area (TPSA) is 140 Å². The maximum absolute atomic E-state index is 13.1. The van der Waals surface area contributed by atoms with Crippen LogP contribution in [0.1, 0.15) is 76.7 Å². The van der Waals surface area contributed by atoms with Crippen LogP contribution in [0.2, 0.25) is 0 Å². The lowest BCUT2D eigenvalue weighted by atomic mass is 9.46. The Hall–Kier alpha value is -2.65. The molecule has 0 heterocycles. The molecular weight excluding hydrogens is 444 g/mol. The molecule has 0 spiro atoms. The van der Waals surface area contributed by atoms with Gasteiger partial charge in [0.25, 0.3) is 0 Å². The summed E-state index contributed by atoms with van der Waals surface area (Å²) in [5.74, 6) is -3.33. The average molecular weight is 479 g/mol. The maximum atomic E-state index is 13.1. The Morgan fingerprint density at radius 2 is 1.65 bits per heavy atom. The summed E-state index contributed by atoms with van der Waals surface area (Å²) in [7, 11) is 1.18. The summed E-state index contributed by atoms with van der Waals surface area (Å²) >= 11 is 0. The van der Waals surface area contributed by atoms with Crippen molar-refractivity contribution in [1.29, 1.82) is 0 Å². The second-order valence-corrected chi connectivity index (χ2v) is 10.1. The number of esters is 3. The van der Waals surface area contributed by atoms with Gasteiger partial charge in [0, 0.05) is 37.2 Å². The van der Waals surface area contributed by atoms with Crippen molar-refractivity contribution in [1.82, 2.24) is 0 Å². The fraction of sp³-hybridized carbons (Fsp3) is 0.640. The first-order valence-corrected chi connectivity index (χ1v) is 11.4. The van der Waals surface area contributed by atoms with Crippen molar-refractivity contribution in [3.8, 4) is 5.75 Å². The monoisotopic (exact) mass is 478 g/mol. The van der Waals surface area contributed by atoms with Crippen LogP contribution in [0, 0.1) is 11.3 Å². The Morgan fingerprint density at radius 1 is 1.06 bits per heavy atom. The van der Waals surface area contributed by atoms with Gasteiger partial charge in [0.2, 0.25) is 0 Å². The molecule has 0 saturated heterocycles. The van der Waals surface area contributed by atoms with E-state index in [9.17, 15) is 29.7 Å². The van der Waals surface area contributed by atoms with Crippen molar-refractivity contribution >= 4 is 17.9 Å². The van der Waals surface area contributed by atoms with Gasteiger partial charge in [-0.2, -0.15) is 0 Å². The summed E-state index contributed by atoms with van der Waals surface area (Å²) < 4.78 is 16.3. The van der Waals surface area contributed by atoms with Crippen molar-refractivity contribution in [2.75, 3.05) is 7.11 Å². The van der Waals surface area contributed by atoms with Crippen LogP contribution >= 0.6 is 0 Å². The van der Waals surface area contributed by atoms with Crippen LogP contribution in [-0.4, -0.2) is 58.6 Å². The third-order valence-electron chi connectivity index (χ3n) is 7.66. The smallest absolute Gasteiger partial charge is 0.314 e. The summed E-state index contributed by atoms with van der Waals surface area (Å²) in [6, 6.07) is 3.31. The van der Waals surface area contributed by atoms with E-state index in [1.807, 2.05) is 13.8 Å². The molecule has 188 valence electrons. The predicted octanol–water partition coefficient (Wildman–Crippen LogP) is 2.24. The highest BCUT2D eigenvalue weighted by molar-refractivity contribution is 5.79. The molecule has 34 heavy (non-hydrogen) atoms. The Labute approximate surface area is 199 Å². The molecule has 9 nitrogen and oxygen atoms in total. The number of fused-ring (bicyclic) bond motifs is 3. The highest BCUT2D eigenvalue weighted by Crippen LogP contribution is 2.63. The first-order chi connectivity index (χ1) is 15.7. The molecule has 3 rings (SSSR count). The number of carbonyl (C=O) groups excluding carboxylic acids is 3. The van der Waals surface area contributed by atoms with Crippen LogP contribution in [-0.2, 0) is 34.0 Å². The van der Waals surface area contributed by atoms with Crippen molar-refractivity contribution in [3.63, 3.8) is 0 Å². The van der Waals surface area contributed by atoms with Crippen molar-refractivity contribution < 1.29 is 43.9 Å². The molecule has 3 N–H and O–H groups in total. The number of methoxy groups -OCH3 is 1. The first kappa shape index (κ1) is 26.0. The molecule has 1 aromatic carbocycles. The Morgan fingerprint density at radius 3 is 2.15 bits per heavy atom. The quantitative estimate of drug-likeness (QED) is 0.439. The van der Waals surface area contributed by atoms with Gasteiger partial charge in [-0.05, 0) is 30.0 Å². The zero-order chi connectivity index (χ0) is 25.7. The number of hydrogen-bond donors (Lipinski definition) is 3. The van der Waals surface area contributed by atoms with Crippen LogP contribution in [0.5, 0.6) is 5.75 Å². The van der Waals surface area contributed by atoms with E-state index in [2.05, 4.69) is 0 Å². The molecular formula is C25H34O9. The summed E-state index contributed by atoms with van der Waals surface area (Å²) in [5.41, 5.74) is -1.65. The summed E-state index contributed by atoms with van der Waals surface area (Å²) in [6.07, 6.45) is -5.21. The highest BCUT2D eigenvalue weighted by Gasteiger charge is 2.70. The van der Waals surface area contributed by atoms with E-state index < -0.39 is 59.1 Å². The van der Waals surface area contributed by atoms with Crippen molar-refractivity contribution in [3.05, 3.63) is 28.8 Å². The summed E-state index contributed by atoms with van der Waals surface area (Å²) in [6.45, 7) is 9.43. The molecule has 2 aliphatic carbocycles. The van der Waals surface area contributed by atoms with E-state index >= 15 is 0 Å². The lowest BCUT2D eigenvalue weighted by Gasteiger charge is -2.60. The number of benzene rings is 1. The molecule has 2 aliphatic rings. The highest BCUT2D eigenvalue weighted by atomic mass is 16.6.